The van der Waals surface area contributed by atoms with Crippen molar-refractivity contribution in [1.29, 1.82) is 0 Å². The van der Waals surface area contributed by atoms with Crippen LogP contribution in [0.15, 0.2) is 65.6 Å². The number of hydrogen-bond acceptors (Lipinski definition) is 4. The van der Waals surface area contributed by atoms with Gasteiger partial charge >= 0.3 is 0 Å². The van der Waals surface area contributed by atoms with Gasteiger partial charge in [-0.25, -0.2) is 8.42 Å². The number of halogens is 1. The molecule has 0 aliphatic carbocycles. The first-order valence-corrected chi connectivity index (χ1v) is 10.5. The molecule has 2 aromatic carbocycles. The van der Waals surface area contributed by atoms with Gasteiger partial charge in [0.1, 0.15) is 0 Å². The Balaban J connectivity index is 0.00000280. The van der Waals surface area contributed by atoms with Gasteiger partial charge in [0.15, 0.2) is 0 Å². The van der Waals surface area contributed by atoms with Crippen LogP contribution in [-0.2, 0) is 14.8 Å². The van der Waals surface area contributed by atoms with Gasteiger partial charge in [0, 0.05) is 32.2 Å². The van der Waals surface area contributed by atoms with Crippen LogP contribution in [0.25, 0.3) is 0 Å². The Hall–Kier alpha value is -1.93. The lowest BCUT2D eigenvalue weighted by atomic mass is 9.94. The van der Waals surface area contributed by atoms with Crippen molar-refractivity contribution < 1.29 is 13.2 Å². The summed E-state index contributed by atoms with van der Waals surface area (Å²) in [6, 6.07) is 17.5. The molecular formula is C20H26ClN3O3S. The Morgan fingerprint density at radius 1 is 0.929 bits per heavy atom. The molecule has 2 unspecified atom stereocenters. The van der Waals surface area contributed by atoms with Crippen molar-refractivity contribution in [3.8, 4) is 0 Å². The molecule has 1 heterocycles. The molecule has 28 heavy (non-hydrogen) atoms. The van der Waals surface area contributed by atoms with Gasteiger partial charge in [0.25, 0.3) is 0 Å². The third-order valence-electron chi connectivity index (χ3n) is 5.04. The highest BCUT2D eigenvalue weighted by atomic mass is 35.5. The van der Waals surface area contributed by atoms with E-state index in [0.717, 1.165) is 5.56 Å². The van der Waals surface area contributed by atoms with Crippen molar-refractivity contribution in [2.45, 2.75) is 17.9 Å². The van der Waals surface area contributed by atoms with Crippen LogP contribution in [0.3, 0.4) is 0 Å². The maximum Gasteiger partial charge on any atom is 0.243 e. The molecule has 0 spiro atoms. The van der Waals surface area contributed by atoms with Gasteiger partial charge in [-0.05, 0) is 17.7 Å². The summed E-state index contributed by atoms with van der Waals surface area (Å²) in [5.74, 6) is -0.409. The summed E-state index contributed by atoms with van der Waals surface area (Å²) >= 11 is 0. The molecular weight excluding hydrogens is 398 g/mol. The molecule has 0 saturated carbocycles. The van der Waals surface area contributed by atoms with E-state index in [0.29, 0.717) is 13.1 Å². The standard InChI is InChI=1S/C20H25N3O3S.ClH/c1-16(19(21)17-8-4-2-5-9-17)20(24)22-12-14-23(15-13-22)27(25,26)18-10-6-3-7-11-18;/h2-11,16,19H,12-15,21H2,1H3;1H. The highest BCUT2D eigenvalue weighted by Crippen LogP contribution is 2.23. The van der Waals surface area contributed by atoms with Gasteiger partial charge < -0.3 is 10.6 Å². The van der Waals surface area contributed by atoms with Gasteiger partial charge in [0.2, 0.25) is 15.9 Å². The predicted octanol–water partition coefficient (Wildman–Crippen LogP) is 2.28. The van der Waals surface area contributed by atoms with Crippen molar-refractivity contribution in [3.05, 3.63) is 66.2 Å². The summed E-state index contributed by atoms with van der Waals surface area (Å²) in [6.45, 7) is 3.15. The smallest absolute Gasteiger partial charge is 0.243 e. The predicted molar refractivity (Wildman–Crippen MR) is 112 cm³/mol. The summed E-state index contributed by atoms with van der Waals surface area (Å²) in [5.41, 5.74) is 7.18. The second-order valence-electron chi connectivity index (χ2n) is 6.77. The monoisotopic (exact) mass is 423 g/mol. The Bertz CT molecular complexity index is 870. The molecule has 1 aliphatic rings. The van der Waals surface area contributed by atoms with E-state index in [4.69, 9.17) is 5.73 Å². The average molecular weight is 424 g/mol. The van der Waals surface area contributed by atoms with E-state index < -0.39 is 10.0 Å². The Morgan fingerprint density at radius 2 is 1.43 bits per heavy atom. The largest absolute Gasteiger partial charge is 0.340 e. The molecule has 0 aromatic heterocycles. The Kier molecular flexibility index (Phi) is 7.60. The molecule has 1 saturated heterocycles. The topological polar surface area (TPSA) is 83.7 Å². The van der Waals surface area contributed by atoms with Crippen LogP contribution in [0.1, 0.15) is 18.5 Å². The van der Waals surface area contributed by atoms with Crippen LogP contribution >= 0.6 is 12.4 Å². The second kappa shape index (κ2) is 9.52. The molecule has 1 amide bonds. The van der Waals surface area contributed by atoms with E-state index in [1.807, 2.05) is 37.3 Å². The van der Waals surface area contributed by atoms with Crippen molar-refractivity contribution in [2.75, 3.05) is 26.2 Å². The number of carbonyl (C=O) groups excluding carboxylic acids is 1. The lowest BCUT2D eigenvalue weighted by Crippen LogP contribution is -2.52. The van der Waals surface area contributed by atoms with Gasteiger partial charge in [-0.15, -0.1) is 12.4 Å². The first-order valence-electron chi connectivity index (χ1n) is 9.06. The number of hydrogen-bond donors (Lipinski definition) is 1. The minimum Gasteiger partial charge on any atom is -0.340 e. The normalized spacial score (nSPS) is 17.4. The van der Waals surface area contributed by atoms with Crippen LogP contribution in [0.4, 0.5) is 0 Å². The number of piperazine rings is 1. The number of sulfonamides is 1. The van der Waals surface area contributed by atoms with Crippen molar-refractivity contribution >= 4 is 28.3 Å². The highest BCUT2D eigenvalue weighted by Gasteiger charge is 2.33. The minimum absolute atomic E-state index is 0. The Labute approximate surface area is 172 Å². The van der Waals surface area contributed by atoms with Crippen LogP contribution < -0.4 is 5.73 Å². The Morgan fingerprint density at radius 3 is 1.96 bits per heavy atom. The molecule has 2 N–H and O–H groups in total. The zero-order chi connectivity index (χ0) is 19.4. The average Bonchev–Trinajstić information content (AvgIpc) is 2.73. The first-order chi connectivity index (χ1) is 12.9. The number of amides is 1. The fraction of sp³-hybridized carbons (Fsp3) is 0.350. The van der Waals surface area contributed by atoms with Crippen LogP contribution in [0.5, 0.6) is 0 Å². The third kappa shape index (κ3) is 4.72. The van der Waals surface area contributed by atoms with Gasteiger partial charge in [-0.3, -0.25) is 4.79 Å². The SMILES string of the molecule is CC(C(=O)N1CCN(S(=O)(=O)c2ccccc2)CC1)C(N)c1ccccc1.Cl. The van der Waals surface area contributed by atoms with Gasteiger partial charge in [0.05, 0.1) is 10.8 Å². The lowest BCUT2D eigenvalue weighted by molar-refractivity contribution is -0.136. The minimum atomic E-state index is -3.52. The lowest BCUT2D eigenvalue weighted by Gasteiger charge is -2.36. The van der Waals surface area contributed by atoms with E-state index in [1.54, 1.807) is 35.2 Å². The van der Waals surface area contributed by atoms with Crippen molar-refractivity contribution in [2.24, 2.45) is 11.7 Å². The van der Waals surface area contributed by atoms with Gasteiger partial charge in [-0.1, -0.05) is 55.5 Å². The van der Waals surface area contributed by atoms with E-state index in [1.165, 1.54) is 4.31 Å². The van der Waals surface area contributed by atoms with E-state index in [9.17, 15) is 13.2 Å². The summed E-state index contributed by atoms with van der Waals surface area (Å²) in [6.07, 6.45) is 0. The molecule has 0 bridgehead atoms. The highest BCUT2D eigenvalue weighted by molar-refractivity contribution is 7.89. The first kappa shape index (κ1) is 22.4. The second-order valence-corrected chi connectivity index (χ2v) is 8.71. The quantitative estimate of drug-likeness (QED) is 0.799. The van der Waals surface area contributed by atoms with E-state index >= 15 is 0 Å². The zero-order valence-electron chi connectivity index (χ0n) is 15.8. The van der Waals surface area contributed by atoms with E-state index in [2.05, 4.69) is 0 Å². The van der Waals surface area contributed by atoms with Crippen molar-refractivity contribution in [3.63, 3.8) is 0 Å². The summed E-state index contributed by atoms with van der Waals surface area (Å²) in [7, 11) is -3.52. The van der Waals surface area contributed by atoms with Crippen LogP contribution in [0, 0.1) is 5.92 Å². The number of carbonyl (C=O) groups is 1. The molecule has 6 nitrogen and oxygen atoms in total. The van der Waals surface area contributed by atoms with Crippen molar-refractivity contribution in [1.82, 2.24) is 9.21 Å². The van der Waals surface area contributed by atoms with E-state index in [-0.39, 0.29) is 48.3 Å². The number of benzene rings is 2. The number of rotatable bonds is 5. The number of nitrogens with two attached hydrogens (primary N) is 1. The maximum absolute atomic E-state index is 12.8. The fourth-order valence-electron chi connectivity index (χ4n) is 3.30. The molecule has 2 atom stereocenters. The molecule has 1 aliphatic heterocycles. The molecule has 3 rings (SSSR count). The zero-order valence-corrected chi connectivity index (χ0v) is 17.4. The fourth-order valence-corrected chi connectivity index (χ4v) is 4.74. The molecule has 1 fully saturated rings. The van der Waals surface area contributed by atoms with Gasteiger partial charge in [-0.2, -0.15) is 4.31 Å². The maximum atomic E-state index is 12.8. The van der Waals surface area contributed by atoms with Crippen LogP contribution in [-0.4, -0.2) is 49.7 Å². The number of nitrogens with zero attached hydrogens (tertiary/aromatic N) is 2. The summed E-state index contributed by atoms with van der Waals surface area (Å²) in [5, 5.41) is 0. The molecule has 8 heteroatoms. The third-order valence-corrected chi connectivity index (χ3v) is 6.96. The molecule has 152 valence electrons. The summed E-state index contributed by atoms with van der Waals surface area (Å²) in [4.78, 5) is 14.8. The van der Waals surface area contributed by atoms with Crippen LogP contribution in [0.2, 0.25) is 0 Å². The molecule has 0 radical (unpaired) electrons. The summed E-state index contributed by atoms with van der Waals surface area (Å²) < 4.78 is 26.8. The molecule has 2 aromatic rings.